The van der Waals surface area contributed by atoms with Crippen molar-refractivity contribution in [3.05, 3.63) is 83.7 Å². The topological polar surface area (TPSA) is 219 Å². The third-order valence-corrected chi connectivity index (χ3v) is 11.2. The number of carbonyl (C=O) groups is 4. The monoisotopic (exact) mass is 830 g/mol. The molecule has 322 valence electrons. The van der Waals surface area contributed by atoms with Gasteiger partial charge in [-0.05, 0) is 32.1 Å². The third kappa shape index (κ3) is 9.28. The Hall–Kier alpha value is -5.90. The molecule has 0 aliphatic carbocycles. The standard InChI is InChI=1S/C45H54N2O13/c1-22-14-13-15-23(2)44(55)47-30-20-32(57-21-33(49)46-29-16-11-10-12-17-29)34-35(40(30)53)39(52)27(6)42-36(34)43(54)45(8,60-42)58-19-18-31(56-9)24(3)41(59-28(7)48)26(5)38(51)25(4)37(22)50/h10-20,22,24-26,31,37-38,41,50-53H,21H2,1-9H3,(H,46,49)(H,47,55)/b14-13-,19-18?,23-15-/t22-,24+,25+,26+,31-,37-,38+,41+,45-/m0/s1. The van der Waals surface area contributed by atoms with E-state index in [2.05, 4.69) is 10.6 Å². The van der Waals surface area contributed by atoms with E-state index < -0.39 is 95.5 Å². The first-order chi connectivity index (χ1) is 28.3. The molecule has 0 saturated carbocycles. The van der Waals surface area contributed by atoms with Gasteiger partial charge in [0.25, 0.3) is 17.6 Å². The number of Topliss-reactive ketones (excluding diaryl/α,β-unsaturated/α-hetero) is 1. The molecule has 60 heavy (non-hydrogen) atoms. The average molecular weight is 831 g/mol. The first kappa shape index (κ1) is 45.2. The van der Waals surface area contributed by atoms with Crippen molar-refractivity contribution in [3.8, 4) is 23.0 Å². The van der Waals surface area contributed by atoms with E-state index in [1.165, 1.54) is 59.3 Å². The van der Waals surface area contributed by atoms with E-state index in [1.807, 2.05) is 0 Å². The summed E-state index contributed by atoms with van der Waals surface area (Å²) in [6.07, 6.45) is 3.52. The van der Waals surface area contributed by atoms with Crippen LogP contribution in [0.1, 0.15) is 64.4 Å². The van der Waals surface area contributed by atoms with Crippen LogP contribution in [0.15, 0.2) is 72.5 Å². The van der Waals surface area contributed by atoms with Crippen LogP contribution in [0.3, 0.4) is 0 Å². The summed E-state index contributed by atoms with van der Waals surface area (Å²) in [5.41, 5.74) is 0.412. The van der Waals surface area contributed by atoms with Gasteiger partial charge in [-0.25, -0.2) is 0 Å². The number of ether oxygens (including phenoxy) is 5. The molecule has 0 radical (unpaired) electrons. The maximum atomic E-state index is 14.5. The number of nitrogens with one attached hydrogen (secondary N) is 2. The second-order valence-corrected chi connectivity index (χ2v) is 15.6. The van der Waals surface area contributed by atoms with Crippen LogP contribution in [0, 0.1) is 30.6 Å². The third-order valence-electron chi connectivity index (χ3n) is 11.2. The Kier molecular flexibility index (Phi) is 14.0. The number of phenols is 2. The van der Waals surface area contributed by atoms with Gasteiger partial charge in [-0.2, -0.15) is 0 Å². The molecule has 2 amide bonds. The summed E-state index contributed by atoms with van der Waals surface area (Å²) in [6, 6.07) is 9.87. The van der Waals surface area contributed by atoms with E-state index >= 15 is 0 Å². The molecule has 0 aromatic heterocycles. The second kappa shape index (κ2) is 18.6. The number of aliphatic hydroxyl groups is 2. The van der Waals surface area contributed by atoms with Gasteiger partial charge >= 0.3 is 11.8 Å². The highest BCUT2D eigenvalue weighted by Gasteiger charge is 2.49. The second-order valence-electron chi connectivity index (χ2n) is 15.6. The Morgan fingerprint density at radius 1 is 0.933 bits per heavy atom. The molecule has 5 bridgehead atoms. The van der Waals surface area contributed by atoms with E-state index in [0.717, 1.165) is 0 Å². The molecule has 0 unspecified atom stereocenters. The zero-order chi connectivity index (χ0) is 44.2. The van der Waals surface area contributed by atoms with Crippen molar-refractivity contribution >= 4 is 45.7 Å². The summed E-state index contributed by atoms with van der Waals surface area (Å²) in [4.78, 5) is 53.4. The first-order valence-electron chi connectivity index (χ1n) is 19.6. The van der Waals surface area contributed by atoms with Crippen molar-refractivity contribution in [2.24, 2.45) is 23.7 Å². The van der Waals surface area contributed by atoms with Crippen molar-refractivity contribution in [2.45, 2.75) is 85.6 Å². The van der Waals surface area contributed by atoms with Gasteiger partial charge in [-0.3, -0.25) is 19.2 Å². The summed E-state index contributed by atoms with van der Waals surface area (Å²) < 4.78 is 29.6. The number of ketones is 1. The SMILES string of the molecule is CO[C@H]1C=CO[C@@]2(C)Oc3c(C)c(O)c4c(O)c(cc(OCC(=O)Nc5ccccc5)c4c3C2=O)NC(=O)/C(C)=C\C=C/[C@H](C)[C@H](O)[C@@H](C)[C@@H](O)[C@@H](C)[C@H](OC(C)=O)[C@@H]1C. The number of fused-ring (bicyclic) bond motifs is 14. The zero-order valence-corrected chi connectivity index (χ0v) is 35.1. The molecule has 3 aromatic carbocycles. The van der Waals surface area contributed by atoms with Crippen LogP contribution in [0.4, 0.5) is 11.4 Å². The highest BCUT2D eigenvalue weighted by molar-refractivity contribution is 6.21. The summed E-state index contributed by atoms with van der Waals surface area (Å²) >= 11 is 0. The Balaban J connectivity index is 1.66. The molecular weight excluding hydrogens is 776 g/mol. The molecular formula is C45H54N2O13. The van der Waals surface area contributed by atoms with E-state index in [-0.39, 0.29) is 44.7 Å². The van der Waals surface area contributed by atoms with Gasteiger partial charge in [0.1, 0.15) is 23.4 Å². The maximum Gasteiger partial charge on any atom is 0.312 e. The molecule has 0 fully saturated rings. The Morgan fingerprint density at radius 3 is 2.27 bits per heavy atom. The highest BCUT2D eigenvalue weighted by atomic mass is 16.7. The van der Waals surface area contributed by atoms with Crippen molar-refractivity contribution in [1.29, 1.82) is 0 Å². The lowest BCUT2D eigenvalue weighted by Gasteiger charge is -2.38. The van der Waals surface area contributed by atoms with Gasteiger partial charge in [-0.1, -0.05) is 64.1 Å². The molecule has 0 saturated heterocycles. The summed E-state index contributed by atoms with van der Waals surface area (Å²) in [5.74, 6) is -8.41. The molecule has 15 heteroatoms. The van der Waals surface area contributed by atoms with Crippen LogP contribution in [0.25, 0.3) is 10.8 Å². The average Bonchev–Trinajstić information content (AvgIpc) is 3.48. The fraction of sp³-hybridized carbons (Fsp3) is 0.422. The molecule has 3 heterocycles. The van der Waals surface area contributed by atoms with Gasteiger partial charge < -0.3 is 54.7 Å². The van der Waals surface area contributed by atoms with Crippen LogP contribution in [-0.4, -0.2) is 87.9 Å². The van der Waals surface area contributed by atoms with E-state index in [4.69, 9.17) is 23.7 Å². The summed E-state index contributed by atoms with van der Waals surface area (Å²) in [7, 11) is 1.43. The number of hydrogen-bond donors (Lipinski definition) is 6. The molecule has 6 N–H and O–H groups in total. The number of rotatable bonds is 6. The Labute approximate surface area is 348 Å². The van der Waals surface area contributed by atoms with Crippen molar-refractivity contribution in [1.82, 2.24) is 0 Å². The summed E-state index contributed by atoms with van der Waals surface area (Å²) in [6.45, 7) is 11.9. The number of amides is 2. The number of hydrogen-bond acceptors (Lipinski definition) is 13. The maximum absolute atomic E-state index is 14.5. The number of esters is 1. The van der Waals surface area contributed by atoms with Crippen LogP contribution in [0.5, 0.6) is 23.0 Å². The predicted octanol–water partition coefficient (Wildman–Crippen LogP) is 6.07. The number of aromatic hydroxyl groups is 2. The summed E-state index contributed by atoms with van der Waals surface area (Å²) in [5, 5.41) is 51.1. The molecule has 3 aliphatic rings. The minimum absolute atomic E-state index is 0.0612. The molecule has 15 nitrogen and oxygen atoms in total. The fourth-order valence-corrected chi connectivity index (χ4v) is 7.61. The quantitative estimate of drug-likeness (QED) is 0.123. The van der Waals surface area contributed by atoms with E-state index in [9.17, 15) is 39.6 Å². The van der Waals surface area contributed by atoms with Crippen molar-refractivity contribution < 1.29 is 63.3 Å². The number of phenolic OH excluding ortho intramolecular Hbond substituents is 2. The molecule has 3 aliphatic heterocycles. The number of aliphatic hydroxyl groups excluding tert-OH is 2. The zero-order valence-electron chi connectivity index (χ0n) is 35.1. The number of methoxy groups -OCH3 is 1. The van der Waals surface area contributed by atoms with Gasteiger partial charge in [0.15, 0.2) is 12.4 Å². The molecule has 6 rings (SSSR count). The van der Waals surface area contributed by atoms with Crippen LogP contribution >= 0.6 is 0 Å². The van der Waals surface area contributed by atoms with Gasteiger partial charge in [0.2, 0.25) is 0 Å². The number of para-hydroxylation sites is 1. The minimum atomic E-state index is -2.04. The van der Waals surface area contributed by atoms with Crippen LogP contribution < -0.4 is 20.1 Å². The smallest absolute Gasteiger partial charge is 0.312 e. The number of anilines is 2. The molecule has 0 spiro atoms. The van der Waals surface area contributed by atoms with Gasteiger partial charge in [0.05, 0.1) is 41.2 Å². The largest absolute Gasteiger partial charge is 0.507 e. The van der Waals surface area contributed by atoms with E-state index in [0.29, 0.717) is 5.69 Å². The Bertz CT molecular complexity index is 2220. The lowest BCUT2D eigenvalue weighted by Crippen LogP contribution is -2.46. The van der Waals surface area contributed by atoms with Gasteiger partial charge in [0, 0.05) is 72.9 Å². The predicted molar refractivity (Wildman–Crippen MR) is 223 cm³/mol. The normalized spacial score (nSPS) is 28.9. The number of benzene rings is 3. The Morgan fingerprint density at radius 2 is 1.62 bits per heavy atom. The highest BCUT2D eigenvalue weighted by Crippen LogP contribution is 2.54. The van der Waals surface area contributed by atoms with Crippen LogP contribution in [0.2, 0.25) is 0 Å². The molecule has 3 aromatic rings. The number of carbonyl (C=O) groups excluding carboxylic acids is 4. The fourth-order valence-electron chi connectivity index (χ4n) is 7.61. The van der Waals surface area contributed by atoms with Gasteiger partial charge in [-0.15, -0.1) is 0 Å². The first-order valence-corrected chi connectivity index (χ1v) is 19.6. The minimum Gasteiger partial charge on any atom is -0.507 e. The lowest BCUT2D eigenvalue weighted by atomic mass is 9.78. The van der Waals surface area contributed by atoms with Crippen molar-refractivity contribution in [2.75, 3.05) is 24.4 Å². The van der Waals surface area contributed by atoms with Crippen LogP contribution in [-0.2, 0) is 28.6 Å². The number of allylic oxidation sites excluding steroid dienone is 2. The lowest BCUT2D eigenvalue weighted by molar-refractivity contribution is -0.160. The molecule has 9 atom stereocenters. The van der Waals surface area contributed by atoms with E-state index in [1.54, 1.807) is 70.2 Å². The van der Waals surface area contributed by atoms with Crippen molar-refractivity contribution in [3.63, 3.8) is 0 Å².